The maximum Gasteiger partial charge on any atom is 0.179 e. The van der Waals surface area contributed by atoms with Gasteiger partial charge in [0.25, 0.3) is 0 Å². The first kappa shape index (κ1) is 16.9. The third kappa shape index (κ3) is 3.90. The van der Waals surface area contributed by atoms with E-state index in [0.29, 0.717) is 6.61 Å². The zero-order valence-electron chi connectivity index (χ0n) is 13.6. The fraction of sp³-hybridized carbons (Fsp3) is 0.588. The van der Waals surface area contributed by atoms with Crippen molar-refractivity contribution < 1.29 is 9.53 Å². The Hall–Kier alpha value is -1.19. The molecule has 0 spiro atoms. The molecular formula is C17H27NO2. The minimum absolute atomic E-state index is 0.134. The molecule has 2 unspecified atom stereocenters. The Bertz CT molecular complexity index is 456. The number of ether oxygens (including phenoxy) is 1. The Balaban J connectivity index is 2.97. The normalized spacial score (nSPS) is 14.3. The molecule has 2 atom stereocenters. The number of aryl methyl sites for hydroxylation is 2. The molecule has 0 aliphatic heterocycles. The van der Waals surface area contributed by atoms with Crippen molar-refractivity contribution >= 4 is 5.78 Å². The quantitative estimate of drug-likeness (QED) is 0.717. The van der Waals surface area contributed by atoms with Gasteiger partial charge in [-0.2, -0.15) is 0 Å². The van der Waals surface area contributed by atoms with Gasteiger partial charge >= 0.3 is 0 Å². The molecule has 0 heterocycles. The average Bonchev–Trinajstić information content (AvgIpc) is 2.41. The summed E-state index contributed by atoms with van der Waals surface area (Å²) in [5.41, 5.74) is 3.00. The smallest absolute Gasteiger partial charge is 0.179 e. The summed E-state index contributed by atoms with van der Waals surface area (Å²) < 4.78 is 5.21. The summed E-state index contributed by atoms with van der Waals surface area (Å²) in [5.74, 6) is 0.191. The summed E-state index contributed by atoms with van der Waals surface area (Å²) in [7, 11) is 1.70. The van der Waals surface area contributed by atoms with Gasteiger partial charge in [-0.15, -0.1) is 0 Å². The Morgan fingerprint density at radius 2 is 1.95 bits per heavy atom. The predicted molar refractivity (Wildman–Crippen MR) is 83.4 cm³/mol. The zero-order valence-corrected chi connectivity index (χ0v) is 13.6. The van der Waals surface area contributed by atoms with E-state index < -0.39 is 0 Å². The lowest BCUT2D eigenvalue weighted by atomic mass is 9.97. The molecule has 0 radical (unpaired) electrons. The molecular weight excluding hydrogens is 250 g/mol. The molecule has 3 nitrogen and oxygen atoms in total. The van der Waals surface area contributed by atoms with Gasteiger partial charge < -0.3 is 4.74 Å². The van der Waals surface area contributed by atoms with Crippen LogP contribution in [0.4, 0.5) is 0 Å². The summed E-state index contributed by atoms with van der Waals surface area (Å²) in [4.78, 5) is 14.9. The van der Waals surface area contributed by atoms with Crippen LogP contribution in [0, 0.1) is 13.8 Å². The molecule has 1 rings (SSSR count). The van der Waals surface area contributed by atoms with E-state index in [-0.39, 0.29) is 17.9 Å². The van der Waals surface area contributed by atoms with Gasteiger partial charge in [0.15, 0.2) is 5.78 Å². The van der Waals surface area contributed by atoms with Gasteiger partial charge in [-0.3, -0.25) is 9.69 Å². The number of carbonyl (C=O) groups is 1. The Morgan fingerprint density at radius 1 is 1.30 bits per heavy atom. The number of carbonyl (C=O) groups excluding carboxylic acids is 1. The van der Waals surface area contributed by atoms with E-state index in [1.165, 1.54) is 0 Å². The highest BCUT2D eigenvalue weighted by Gasteiger charge is 2.26. The predicted octanol–water partition coefficient (Wildman–Crippen LogP) is 3.23. The lowest BCUT2D eigenvalue weighted by Crippen LogP contribution is -2.46. The van der Waals surface area contributed by atoms with Gasteiger partial charge in [-0.25, -0.2) is 0 Å². The number of methoxy groups -OCH3 is 1. The van der Waals surface area contributed by atoms with Crippen LogP contribution in [0.2, 0.25) is 0 Å². The van der Waals surface area contributed by atoms with E-state index >= 15 is 0 Å². The van der Waals surface area contributed by atoms with Crippen molar-refractivity contribution in [2.24, 2.45) is 0 Å². The number of Topliss-reactive ketones (excluding diaryl/α,β-unsaturated/α-hetero) is 1. The Labute approximate surface area is 122 Å². The van der Waals surface area contributed by atoms with Crippen LogP contribution in [0.15, 0.2) is 18.2 Å². The van der Waals surface area contributed by atoms with Crippen molar-refractivity contribution in [3.8, 4) is 0 Å². The molecule has 0 aliphatic rings. The van der Waals surface area contributed by atoms with E-state index in [2.05, 4.69) is 18.7 Å². The molecule has 1 aromatic carbocycles. The maximum absolute atomic E-state index is 12.7. The van der Waals surface area contributed by atoms with E-state index in [1.807, 2.05) is 39.0 Å². The second kappa shape index (κ2) is 7.55. The van der Waals surface area contributed by atoms with Crippen LogP contribution in [0.5, 0.6) is 0 Å². The minimum atomic E-state index is -0.134. The van der Waals surface area contributed by atoms with Crippen LogP contribution in [0.25, 0.3) is 0 Å². The number of nitrogens with zero attached hydrogens (tertiary/aromatic N) is 1. The van der Waals surface area contributed by atoms with Gasteiger partial charge in [-0.1, -0.05) is 24.6 Å². The van der Waals surface area contributed by atoms with Crippen LogP contribution in [0.3, 0.4) is 0 Å². The number of hydrogen-bond donors (Lipinski definition) is 0. The molecule has 0 N–H and O–H groups in total. The lowest BCUT2D eigenvalue weighted by molar-refractivity contribution is 0.0611. The maximum atomic E-state index is 12.7. The van der Waals surface area contributed by atoms with Crippen molar-refractivity contribution in [3.63, 3.8) is 0 Å². The molecule has 3 heteroatoms. The second-order valence-electron chi connectivity index (χ2n) is 5.49. The van der Waals surface area contributed by atoms with Gasteiger partial charge in [0.1, 0.15) is 0 Å². The molecule has 112 valence electrons. The number of likely N-dealkylation sites (N-methyl/N-ethyl adjacent to an activating group) is 1. The monoisotopic (exact) mass is 277 g/mol. The average molecular weight is 277 g/mol. The van der Waals surface area contributed by atoms with E-state index in [1.54, 1.807) is 7.11 Å². The highest BCUT2D eigenvalue weighted by molar-refractivity contribution is 6.01. The summed E-state index contributed by atoms with van der Waals surface area (Å²) in [5, 5.41) is 0. The third-order valence-corrected chi connectivity index (χ3v) is 3.87. The van der Waals surface area contributed by atoms with E-state index in [4.69, 9.17) is 4.74 Å². The van der Waals surface area contributed by atoms with Crippen LogP contribution >= 0.6 is 0 Å². The summed E-state index contributed by atoms with van der Waals surface area (Å²) in [6, 6.07) is 6.15. The Kier molecular flexibility index (Phi) is 6.37. The summed E-state index contributed by atoms with van der Waals surface area (Å²) in [6.45, 7) is 11.7. The number of ketones is 1. The largest absolute Gasteiger partial charge is 0.383 e. The molecule has 0 aliphatic carbocycles. The highest BCUT2D eigenvalue weighted by atomic mass is 16.5. The molecule has 0 aromatic heterocycles. The molecule has 0 saturated carbocycles. The SMILES string of the molecule is CCN(C(C)COC)C(C)C(=O)c1cc(C)ccc1C. The van der Waals surface area contributed by atoms with Crippen molar-refractivity contribution in [2.75, 3.05) is 20.3 Å². The van der Waals surface area contributed by atoms with Crippen LogP contribution in [0.1, 0.15) is 42.3 Å². The lowest BCUT2D eigenvalue weighted by Gasteiger charge is -2.32. The fourth-order valence-corrected chi connectivity index (χ4v) is 2.68. The minimum Gasteiger partial charge on any atom is -0.383 e. The highest BCUT2D eigenvalue weighted by Crippen LogP contribution is 2.17. The van der Waals surface area contributed by atoms with Crippen LogP contribution in [-0.4, -0.2) is 43.0 Å². The Morgan fingerprint density at radius 3 is 2.50 bits per heavy atom. The number of benzene rings is 1. The van der Waals surface area contributed by atoms with Crippen LogP contribution < -0.4 is 0 Å². The molecule has 1 aromatic rings. The summed E-state index contributed by atoms with van der Waals surface area (Å²) >= 11 is 0. The number of rotatable bonds is 7. The van der Waals surface area contributed by atoms with Crippen molar-refractivity contribution in [1.29, 1.82) is 0 Å². The third-order valence-electron chi connectivity index (χ3n) is 3.87. The van der Waals surface area contributed by atoms with Crippen molar-refractivity contribution in [2.45, 2.75) is 46.7 Å². The number of hydrogen-bond acceptors (Lipinski definition) is 3. The standard InChI is InChI=1S/C17H27NO2/c1-7-18(14(4)11-20-6)15(5)17(19)16-10-12(2)8-9-13(16)3/h8-10,14-15H,7,11H2,1-6H3. The van der Waals surface area contributed by atoms with E-state index in [0.717, 1.165) is 23.2 Å². The van der Waals surface area contributed by atoms with Gasteiger partial charge in [-0.05, 0) is 45.9 Å². The van der Waals surface area contributed by atoms with Crippen LogP contribution in [-0.2, 0) is 4.74 Å². The topological polar surface area (TPSA) is 29.5 Å². The fourth-order valence-electron chi connectivity index (χ4n) is 2.68. The van der Waals surface area contributed by atoms with Gasteiger partial charge in [0, 0.05) is 18.7 Å². The second-order valence-corrected chi connectivity index (χ2v) is 5.49. The first-order valence-corrected chi connectivity index (χ1v) is 7.28. The first-order chi connectivity index (χ1) is 9.42. The molecule has 0 amide bonds. The van der Waals surface area contributed by atoms with Crippen molar-refractivity contribution in [3.05, 3.63) is 34.9 Å². The molecule has 0 fully saturated rings. The van der Waals surface area contributed by atoms with Gasteiger partial charge in [0.05, 0.1) is 12.6 Å². The molecule has 0 saturated heterocycles. The zero-order chi connectivity index (χ0) is 15.3. The van der Waals surface area contributed by atoms with Crippen molar-refractivity contribution in [1.82, 2.24) is 4.90 Å². The molecule has 20 heavy (non-hydrogen) atoms. The molecule has 0 bridgehead atoms. The van der Waals surface area contributed by atoms with Gasteiger partial charge in [0.2, 0.25) is 0 Å². The first-order valence-electron chi connectivity index (χ1n) is 7.28. The summed E-state index contributed by atoms with van der Waals surface area (Å²) in [6.07, 6.45) is 0. The van der Waals surface area contributed by atoms with E-state index in [9.17, 15) is 4.79 Å².